The molecule has 0 fully saturated rings. The zero-order valence-corrected chi connectivity index (χ0v) is 16.3. The highest BCUT2D eigenvalue weighted by Gasteiger charge is 2.46. The minimum atomic E-state index is -1.30. The summed E-state index contributed by atoms with van der Waals surface area (Å²) < 4.78 is 0. The molecule has 0 saturated carbocycles. The normalized spacial score (nSPS) is 24.5. The van der Waals surface area contributed by atoms with Crippen molar-refractivity contribution in [1.82, 2.24) is 5.32 Å². The molecule has 0 spiro atoms. The van der Waals surface area contributed by atoms with Crippen molar-refractivity contribution in [2.75, 3.05) is 0 Å². The molecule has 0 radical (unpaired) electrons. The van der Waals surface area contributed by atoms with E-state index in [2.05, 4.69) is 5.32 Å². The predicted molar refractivity (Wildman–Crippen MR) is 99.4 cm³/mol. The Hall–Kier alpha value is -2.21. The Balaban J connectivity index is 2.98. The van der Waals surface area contributed by atoms with Gasteiger partial charge in [0.1, 0.15) is 11.6 Å². The van der Waals surface area contributed by atoms with Crippen LogP contribution in [0.1, 0.15) is 48.0 Å². The van der Waals surface area contributed by atoms with Gasteiger partial charge in [0.25, 0.3) is 0 Å². The molecule has 0 bridgehead atoms. The molecule has 1 amide bonds. The highest BCUT2D eigenvalue weighted by atomic mass is 16.4. The van der Waals surface area contributed by atoms with E-state index < -0.39 is 28.9 Å². The Labute approximate surface area is 154 Å². The summed E-state index contributed by atoms with van der Waals surface area (Å²) in [5.74, 6) is -1.86. The van der Waals surface area contributed by atoms with Crippen molar-refractivity contribution in [3.8, 4) is 0 Å². The van der Waals surface area contributed by atoms with Crippen LogP contribution in [0.3, 0.4) is 0 Å². The number of ketones is 1. The molecule has 0 heterocycles. The van der Waals surface area contributed by atoms with Crippen LogP contribution in [0, 0.1) is 11.3 Å². The van der Waals surface area contributed by atoms with Gasteiger partial charge in [-0.3, -0.25) is 9.59 Å². The lowest BCUT2D eigenvalue weighted by Gasteiger charge is -2.44. The lowest BCUT2D eigenvalue weighted by atomic mass is 9.64. The van der Waals surface area contributed by atoms with Crippen molar-refractivity contribution in [2.24, 2.45) is 11.3 Å². The van der Waals surface area contributed by atoms with Gasteiger partial charge in [0, 0.05) is 17.9 Å². The summed E-state index contributed by atoms with van der Waals surface area (Å²) in [5, 5.41) is 22.6. The van der Waals surface area contributed by atoms with Crippen LogP contribution < -0.4 is 5.32 Å². The van der Waals surface area contributed by atoms with Gasteiger partial charge in [-0.15, -0.1) is 0 Å². The summed E-state index contributed by atoms with van der Waals surface area (Å²) in [6.07, 6.45) is 6.16. The molecule has 0 aromatic carbocycles. The number of aliphatic carboxylic acids is 1. The smallest absolute Gasteiger partial charge is 0.326 e. The lowest BCUT2D eigenvalue weighted by molar-refractivity contribution is -0.142. The molecule has 6 nitrogen and oxygen atoms in total. The molecule has 1 aliphatic rings. The summed E-state index contributed by atoms with van der Waals surface area (Å²) in [6, 6.07) is -0.965. The number of amides is 1. The first-order chi connectivity index (χ1) is 11.8. The molecule has 6 heteroatoms. The Morgan fingerprint density at radius 3 is 2.35 bits per heavy atom. The van der Waals surface area contributed by atoms with Crippen molar-refractivity contribution < 1.29 is 24.6 Å². The summed E-state index contributed by atoms with van der Waals surface area (Å²) in [6.45, 7) is 10.5. The minimum Gasteiger partial charge on any atom is -0.480 e. The van der Waals surface area contributed by atoms with Gasteiger partial charge < -0.3 is 15.5 Å². The van der Waals surface area contributed by atoms with Crippen molar-refractivity contribution in [3.63, 3.8) is 0 Å². The highest BCUT2D eigenvalue weighted by Crippen LogP contribution is 2.44. The first kappa shape index (κ1) is 21.8. The third-order valence-corrected chi connectivity index (χ3v) is 4.80. The lowest BCUT2D eigenvalue weighted by Crippen LogP contribution is -2.48. The van der Waals surface area contributed by atoms with Crippen LogP contribution in [0.5, 0.6) is 0 Å². The number of carbonyl (C=O) groups excluding carboxylic acids is 2. The van der Waals surface area contributed by atoms with Crippen molar-refractivity contribution >= 4 is 17.7 Å². The predicted octanol–water partition coefficient (Wildman–Crippen LogP) is 2.39. The summed E-state index contributed by atoms with van der Waals surface area (Å²) in [5.41, 5.74) is -0.857. The molecule has 1 rings (SSSR count). The van der Waals surface area contributed by atoms with E-state index >= 15 is 0 Å². The standard InChI is InChI=1S/C20H29NO5/c1-12(2)17(18(24)25)21-16(23)9-13(3)7-8-20(26)14(4)10-15(22)11-19(20,5)6/h7-10,12,17,26H,11H2,1-6H3,(H,21,23)(H,24,25)/b8-7+,13-9-/t17-,20+/m0/s1. The largest absolute Gasteiger partial charge is 0.480 e. The van der Waals surface area contributed by atoms with E-state index in [0.29, 0.717) is 11.1 Å². The van der Waals surface area contributed by atoms with Crippen LogP contribution in [0.25, 0.3) is 0 Å². The fourth-order valence-electron chi connectivity index (χ4n) is 3.08. The second-order valence-corrected chi connectivity index (χ2v) is 7.91. The van der Waals surface area contributed by atoms with Crippen LogP contribution in [0.4, 0.5) is 0 Å². The Bertz CT molecular complexity index is 684. The van der Waals surface area contributed by atoms with Crippen molar-refractivity contribution in [3.05, 3.63) is 35.5 Å². The second-order valence-electron chi connectivity index (χ2n) is 7.91. The summed E-state index contributed by atoms with van der Waals surface area (Å²) in [7, 11) is 0. The van der Waals surface area contributed by atoms with E-state index in [4.69, 9.17) is 5.11 Å². The number of allylic oxidation sites excluding steroid dienone is 3. The molecule has 26 heavy (non-hydrogen) atoms. The van der Waals surface area contributed by atoms with Crippen LogP contribution in [-0.2, 0) is 14.4 Å². The molecule has 2 atom stereocenters. The number of carboxylic acid groups (broad SMARTS) is 1. The molecule has 1 aliphatic carbocycles. The van der Waals surface area contributed by atoms with Gasteiger partial charge >= 0.3 is 5.97 Å². The van der Waals surface area contributed by atoms with Crippen LogP contribution in [0.15, 0.2) is 35.5 Å². The molecule has 3 N–H and O–H groups in total. The topological polar surface area (TPSA) is 104 Å². The Kier molecular flexibility index (Phi) is 6.71. The summed E-state index contributed by atoms with van der Waals surface area (Å²) >= 11 is 0. The van der Waals surface area contributed by atoms with E-state index in [9.17, 15) is 19.5 Å². The molecule has 0 aliphatic heterocycles. The van der Waals surface area contributed by atoms with E-state index in [1.165, 1.54) is 12.2 Å². The number of carboxylic acids is 1. The van der Waals surface area contributed by atoms with Gasteiger partial charge in [-0.25, -0.2) is 4.79 Å². The number of nitrogens with one attached hydrogen (secondary N) is 1. The van der Waals surface area contributed by atoms with Gasteiger partial charge in [-0.2, -0.15) is 0 Å². The van der Waals surface area contributed by atoms with Crippen LogP contribution in [-0.4, -0.2) is 39.5 Å². The SMILES string of the molecule is CC1=CC(=O)CC(C)(C)[C@@]1(O)/C=C/C(C)=C\C(=O)N[C@H](C(=O)O)C(C)C. The van der Waals surface area contributed by atoms with E-state index in [0.717, 1.165) is 0 Å². The van der Waals surface area contributed by atoms with Crippen LogP contribution >= 0.6 is 0 Å². The summed E-state index contributed by atoms with van der Waals surface area (Å²) in [4.78, 5) is 34.9. The van der Waals surface area contributed by atoms with Gasteiger partial charge in [-0.05, 0) is 43.1 Å². The van der Waals surface area contributed by atoms with Gasteiger partial charge in [0.2, 0.25) is 5.91 Å². The third kappa shape index (κ3) is 4.91. The fraction of sp³-hybridized carbons (Fsp3) is 0.550. The Morgan fingerprint density at radius 2 is 1.88 bits per heavy atom. The monoisotopic (exact) mass is 363 g/mol. The number of carbonyl (C=O) groups is 3. The molecule has 144 valence electrons. The average Bonchev–Trinajstić information content (AvgIpc) is 2.47. The molecule has 0 saturated heterocycles. The second kappa shape index (κ2) is 7.99. The zero-order valence-electron chi connectivity index (χ0n) is 16.3. The molecule has 0 unspecified atom stereocenters. The van der Waals surface area contributed by atoms with Crippen molar-refractivity contribution in [1.29, 1.82) is 0 Å². The number of aliphatic hydroxyl groups is 1. The third-order valence-electron chi connectivity index (χ3n) is 4.80. The number of hydrogen-bond acceptors (Lipinski definition) is 4. The maximum atomic E-state index is 12.0. The molecule has 0 aromatic heterocycles. The van der Waals surface area contributed by atoms with Gasteiger partial charge in [-0.1, -0.05) is 33.8 Å². The average molecular weight is 363 g/mol. The zero-order chi connectivity index (χ0) is 20.3. The van der Waals surface area contributed by atoms with E-state index in [-0.39, 0.29) is 18.1 Å². The molecule has 0 aromatic rings. The van der Waals surface area contributed by atoms with Crippen LogP contribution in [0.2, 0.25) is 0 Å². The maximum absolute atomic E-state index is 12.0. The first-order valence-electron chi connectivity index (χ1n) is 8.65. The number of rotatable bonds is 6. The van der Waals surface area contributed by atoms with E-state index in [1.807, 2.05) is 13.8 Å². The first-order valence-corrected chi connectivity index (χ1v) is 8.65. The minimum absolute atomic E-state index is 0.0226. The molecular weight excluding hydrogens is 334 g/mol. The van der Waals surface area contributed by atoms with Gasteiger partial charge in [0.05, 0.1) is 0 Å². The maximum Gasteiger partial charge on any atom is 0.326 e. The molecular formula is C20H29NO5. The quantitative estimate of drug-likeness (QED) is 0.496. The fourth-order valence-corrected chi connectivity index (χ4v) is 3.08. The van der Waals surface area contributed by atoms with E-state index in [1.54, 1.807) is 39.8 Å². The Morgan fingerprint density at radius 1 is 1.31 bits per heavy atom. The van der Waals surface area contributed by atoms with Crippen molar-refractivity contribution in [2.45, 2.75) is 59.6 Å². The van der Waals surface area contributed by atoms with Gasteiger partial charge in [0.15, 0.2) is 5.78 Å². The highest BCUT2D eigenvalue weighted by molar-refractivity contribution is 5.93. The number of hydrogen-bond donors (Lipinski definition) is 3.